The molecule has 0 aliphatic carbocycles. The van der Waals surface area contributed by atoms with Gasteiger partial charge in [0.25, 0.3) is 5.91 Å². The van der Waals surface area contributed by atoms with Gasteiger partial charge < -0.3 is 20.1 Å². The number of nitrogens with zero attached hydrogens (tertiary/aromatic N) is 2. The SMILES string of the molecule is O=C(Nc1c(F)cccc1F)c1ccnc(Nc2ccc3c(c2)OCO3)n1. The Kier molecular flexibility index (Phi) is 4.25. The van der Waals surface area contributed by atoms with Crippen LogP contribution in [0.3, 0.4) is 0 Å². The molecule has 136 valence electrons. The first kappa shape index (κ1) is 16.7. The number of carbonyl (C=O) groups is 1. The molecule has 0 spiro atoms. The largest absolute Gasteiger partial charge is 0.454 e. The van der Waals surface area contributed by atoms with Gasteiger partial charge in [-0.15, -0.1) is 0 Å². The van der Waals surface area contributed by atoms with Gasteiger partial charge in [0.1, 0.15) is 23.0 Å². The molecular weight excluding hydrogens is 358 g/mol. The normalized spacial score (nSPS) is 11.9. The number of amides is 1. The number of anilines is 3. The third kappa shape index (κ3) is 3.47. The minimum absolute atomic E-state index is 0.0594. The lowest BCUT2D eigenvalue weighted by Crippen LogP contribution is -2.16. The minimum Gasteiger partial charge on any atom is -0.454 e. The van der Waals surface area contributed by atoms with Crippen LogP contribution >= 0.6 is 0 Å². The highest BCUT2D eigenvalue weighted by molar-refractivity contribution is 6.03. The molecule has 2 N–H and O–H groups in total. The van der Waals surface area contributed by atoms with Crippen molar-refractivity contribution in [3.63, 3.8) is 0 Å². The number of aromatic nitrogens is 2. The summed E-state index contributed by atoms with van der Waals surface area (Å²) in [4.78, 5) is 20.4. The predicted molar refractivity (Wildman–Crippen MR) is 92.2 cm³/mol. The molecule has 0 bridgehead atoms. The molecule has 2 aromatic carbocycles. The van der Waals surface area contributed by atoms with E-state index in [2.05, 4.69) is 20.6 Å². The van der Waals surface area contributed by atoms with Crippen molar-refractivity contribution in [3.05, 3.63) is 66.0 Å². The first-order valence-corrected chi connectivity index (χ1v) is 7.85. The second-order valence-corrected chi connectivity index (χ2v) is 5.51. The van der Waals surface area contributed by atoms with Crippen LogP contribution in [0.4, 0.5) is 26.1 Å². The first-order valence-electron chi connectivity index (χ1n) is 7.85. The topological polar surface area (TPSA) is 85.4 Å². The van der Waals surface area contributed by atoms with E-state index in [9.17, 15) is 13.6 Å². The van der Waals surface area contributed by atoms with Crippen molar-refractivity contribution < 1.29 is 23.0 Å². The number of halogens is 2. The van der Waals surface area contributed by atoms with Crippen LogP contribution in [0.25, 0.3) is 0 Å². The fourth-order valence-corrected chi connectivity index (χ4v) is 2.44. The van der Waals surface area contributed by atoms with Crippen LogP contribution in [0.1, 0.15) is 10.5 Å². The van der Waals surface area contributed by atoms with Gasteiger partial charge >= 0.3 is 0 Å². The number of ether oxygens (including phenoxy) is 2. The Balaban J connectivity index is 1.53. The highest BCUT2D eigenvalue weighted by Gasteiger charge is 2.16. The first-order chi connectivity index (χ1) is 13.1. The standard InChI is InChI=1S/C18H12F2N4O3/c19-11-2-1-3-12(20)16(11)24-17(25)13-6-7-21-18(23-13)22-10-4-5-14-15(8-10)27-9-26-14/h1-8H,9H2,(H,24,25)(H,21,22,23). The molecule has 1 aliphatic heterocycles. The summed E-state index contributed by atoms with van der Waals surface area (Å²) in [6.07, 6.45) is 1.36. The van der Waals surface area contributed by atoms with Gasteiger partial charge in [-0.25, -0.2) is 18.7 Å². The smallest absolute Gasteiger partial charge is 0.274 e. The number of benzene rings is 2. The second-order valence-electron chi connectivity index (χ2n) is 5.51. The summed E-state index contributed by atoms with van der Waals surface area (Å²) in [5.74, 6) is -1.19. The van der Waals surface area contributed by atoms with Crippen LogP contribution in [0.2, 0.25) is 0 Å². The van der Waals surface area contributed by atoms with E-state index in [1.54, 1.807) is 18.2 Å². The molecule has 1 aliphatic rings. The highest BCUT2D eigenvalue weighted by atomic mass is 19.1. The quantitative estimate of drug-likeness (QED) is 0.731. The molecule has 2 heterocycles. The van der Waals surface area contributed by atoms with Crippen LogP contribution in [0.5, 0.6) is 11.5 Å². The summed E-state index contributed by atoms with van der Waals surface area (Å²) in [6.45, 7) is 0.150. The van der Waals surface area contributed by atoms with Crippen molar-refractivity contribution in [1.29, 1.82) is 0 Å². The average molecular weight is 370 g/mol. The summed E-state index contributed by atoms with van der Waals surface area (Å²) in [6, 6.07) is 9.79. The lowest BCUT2D eigenvalue weighted by Gasteiger charge is -2.09. The number of para-hydroxylation sites is 1. The second kappa shape index (κ2) is 6.87. The van der Waals surface area contributed by atoms with Crippen LogP contribution < -0.4 is 20.1 Å². The summed E-state index contributed by atoms with van der Waals surface area (Å²) in [7, 11) is 0. The maximum atomic E-state index is 13.7. The van der Waals surface area contributed by atoms with Gasteiger partial charge in [-0.05, 0) is 30.3 Å². The maximum Gasteiger partial charge on any atom is 0.274 e. The minimum atomic E-state index is -0.879. The van der Waals surface area contributed by atoms with Gasteiger partial charge in [0, 0.05) is 18.0 Å². The van der Waals surface area contributed by atoms with E-state index in [1.165, 1.54) is 18.3 Å². The van der Waals surface area contributed by atoms with Crippen molar-refractivity contribution in [2.75, 3.05) is 17.4 Å². The van der Waals surface area contributed by atoms with Gasteiger partial charge in [-0.3, -0.25) is 4.79 Å². The van der Waals surface area contributed by atoms with E-state index in [4.69, 9.17) is 9.47 Å². The lowest BCUT2D eigenvalue weighted by atomic mass is 10.2. The molecule has 0 saturated carbocycles. The Morgan fingerprint density at radius 3 is 2.63 bits per heavy atom. The Morgan fingerprint density at radius 2 is 1.81 bits per heavy atom. The van der Waals surface area contributed by atoms with Crippen molar-refractivity contribution in [1.82, 2.24) is 9.97 Å². The summed E-state index contributed by atoms with van der Waals surface area (Å²) in [5, 5.41) is 5.11. The molecule has 4 rings (SSSR count). The third-order valence-corrected chi connectivity index (χ3v) is 3.72. The molecule has 0 radical (unpaired) electrons. The van der Waals surface area contributed by atoms with Gasteiger partial charge in [-0.1, -0.05) is 6.07 Å². The Hall–Kier alpha value is -3.75. The third-order valence-electron chi connectivity index (χ3n) is 3.72. The number of hydrogen-bond acceptors (Lipinski definition) is 6. The van der Waals surface area contributed by atoms with Gasteiger partial charge in [0.15, 0.2) is 11.5 Å². The zero-order valence-electron chi connectivity index (χ0n) is 13.7. The molecule has 27 heavy (non-hydrogen) atoms. The van der Waals surface area contributed by atoms with E-state index in [-0.39, 0.29) is 18.4 Å². The number of carbonyl (C=O) groups excluding carboxylic acids is 1. The van der Waals surface area contributed by atoms with E-state index in [0.29, 0.717) is 17.2 Å². The van der Waals surface area contributed by atoms with Crippen molar-refractivity contribution in [2.45, 2.75) is 0 Å². The fourth-order valence-electron chi connectivity index (χ4n) is 2.44. The number of rotatable bonds is 4. The van der Waals surface area contributed by atoms with Gasteiger partial charge in [-0.2, -0.15) is 0 Å². The molecule has 9 heteroatoms. The number of hydrogen-bond donors (Lipinski definition) is 2. The molecule has 3 aromatic rings. The summed E-state index contributed by atoms with van der Waals surface area (Å²) < 4.78 is 37.9. The lowest BCUT2D eigenvalue weighted by molar-refractivity contribution is 0.102. The monoisotopic (exact) mass is 370 g/mol. The average Bonchev–Trinajstić information content (AvgIpc) is 3.13. The van der Waals surface area contributed by atoms with E-state index in [1.807, 2.05) is 0 Å². The molecule has 0 saturated heterocycles. The van der Waals surface area contributed by atoms with E-state index in [0.717, 1.165) is 12.1 Å². The molecule has 0 unspecified atom stereocenters. The predicted octanol–water partition coefficient (Wildman–Crippen LogP) is 3.48. The van der Waals surface area contributed by atoms with Crippen LogP contribution in [-0.2, 0) is 0 Å². The number of nitrogens with one attached hydrogen (secondary N) is 2. The summed E-state index contributed by atoms with van der Waals surface area (Å²) >= 11 is 0. The molecule has 1 amide bonds. The van der Waals surface area contributed by atoms with Crippen LogP contribution in [-0.4, -0.2) is 22.7 Å². The van der Waals surface area contributed by atoms with Crippen LogP contribution in [0.15, 0.2) is 48.7 Å². The van der Waals surface area contributed by atoms with Crippen LogP contribution in [0, 0.1) is 11.6 Å². The van der Waals surface area contributed by atoms with Crippen molar-refractivity contribution in [3.8, 4) is 11.5 Å². The van der Waals surface area contributed by atoms with Gasteiger partial charge in [0.05, 0.1) is 0 Å². The Morgan fingerprint density at radius 1 is 1.04 bits per heavy atom. The number of fused-ring (bicyclic) bond motifs is 1. The van der Waals surface area contributed by atoms with Crippen molar-refractivity contribution in [2.24, 2.45) is 0 Å². The zero-order chi connectivity index (χ0) is 18.8. The van der Waals surface area contributed by atoms with E-state index >= 15 is 0 Å². The molecule has 0 atom stereocenters. The fraction of sp³-hybridized carbons (Fsp3) is 0.0556. The Bertz CT molecular complexity index is 1010. The van der Waals surface area contributed by atoms with Crippen molar-refractivity contribution >= 4 is 23.2 Å². The maximum absolute atomic E-state index is 13.7. The van der Waals surface area contributed by atoms with Gasteiger partial charge in [0.2, 0.25) is 12.7 Å². The molecular formula is C18H12F2N4O3. The molecule has 0 fully saturated rings. The highest BCUT2D eigenvalue weighted by Crippen LogP contribution is 2.34. The zero-order valence-corrected chi connectivity index (χ0v) is 13.7. The summed E-state index contributed by atoms with van der Waals surface area (Å²) in [5.41, 5.74) is 0.0271. The molecule has 7 nitrogen and oxygen atoms in total. The molecule has 1 aromatic heterocycles. The van der Waals surface area contributed by atoms with E-state index < -0.39 is 23.2 Å². The Labute approximate surface area is 152 Å².